The summed E-state index contributed by atoms with van der Waals surface area (Å²) in [6.45, 7) is 0.696. The van der Waals surface area contributed by atoms with E-state index in [1.807, 2.05) is 0 Å². The molecule has 25 heavy (non-hydrogen) atoms. The Kier molecular flexibility index (Phi) is 5.40. The summed E-state index contributed by atoms with van der Waals surface area (Å²) in [5, 5.41) is 4.86. The molecule has 1 unspecified atom stereocenters. The highest BCUT2D eigenvalue weighted by molar-refractivity contribution is 6.36. The Labute approximate surface area is 154 Å². The molecule has 0 radical (unpaired) electrons. The SMILES string of the molecule is O=C(N/N=C/c1ccc(Cl)cc1Cl)C1CC(=O)N(Cc2ccco2)C1. The molecule has 1 fully saturated rings. The van der Waals surface area contributed by atoms with E-state index in [9.17, 15) is 9.59 Å². The fourth-order valence-corrected chi connectivity index (χ4v) is 3.01. The summed E-state index contributed by atoms with van der Waals surface area (Å²) in [6, 6.07) is 8.52. The maximum absolute atomic E-state index is 12.2. The van der Waals surface area contributed by atoms with Crippen molar-refractivity contribution in [1.29, 1.82) is 0 Å². The molecule has 1 saturated heterocycles. The topological polar surface area (TPSA) is 74.9 Å². The minimum Gasteiger partial charge on any atom is -0.467 e. The third kappa shape index (κ3) is 4.41. The summed E-state index contributed by atoms with van der Waals surface area (Å²) in [7, 11) is 0. The molecule has 0 spiro atoms. The molecule has 0 saturated carbocycles. The third-order valence-corrected chi connectivity index (χ3v) is 4.42. The van der Waals surface area contributed by atoms with Gasteiger partial charge in [-0.1, -0.05) is 29.3 Å². The van der Waals surface area contributed by atoms with Crippen molar-refractivity contribution in [2.75, 3.05) is 6.54 Å². The van der Waals surface area contributed by atoms with Crippen LogP contribution in [-0.4, -0.2) is 29.5 Å². The molecular weight excluding hydrogens is 365 g/mol. The number of nitrogens with zero attached hydrogens (tertiary/aromatic N) is 2. The maximum atomic E-state index is 12.2. The molecule has 2 amide bonds. The Morgan fingerprint density at radius 1 is 1.40 bits per heavy atom. The molecule has 6 nitrogen and oxygen atoms in total. The van der Waals surface area contributed by atoms with Crippen molar-refractivity contribution < 1.29 is 14.0 Å². The number of furan rings is 1. The number of carbonyl (C=O) groups excluding carboxylic acids is 2. The number of carbonyl (C=O) groups is 2. The highest BCUT2D eigenvalue weighted by Crippen LogP contribution is 2.21. The molecule has 0 bridgehead atoms. The Bertz CT molecular complexity index is 805. The largest absolute Gasteiger partial charge is 0.467 e. The average molecular weight is 380 g/mol. The van der Waals surface area contributed by atoms with Gasteiger partial charge in [-0.25, -0.2) is 5.43 Å². The van der Waals surface area contributed by atoms with E-state index in [1.54, 1.807) is 41.5 Å². The first-order valence-electron chi connectivity index (χ1n) is 7.61. The number of hydrazone groups is 1. The molecule has 1 atom stereocenters. The quantitative estimate of drug-likeness (QED) is 0.640. The molecule has 2 heterocycles. The Morgan fingerprint density at radius 2 is 2.24 bits per heavy atom. The number of halogens is 2. The zero-order chi connectivity index (χ0) is 17.8. The molecular formula is C17H15Cl2N3O3. The van der Waals surface area contributed by atoms with Gasteiger partial charge < -0.3 is 9.32 Å². The first-order valence-corrected chi connectivity index (χ1v) is 8.36. The highest BCUT2D eigenvalue weighted by atomic mass is 35.5. The molecule has 1 aliphatic rings. The highest BCUT2D eigenvalue weighted by Gasteiger charge is 2.34. The fraction of sp³-hybridized carbons (Fsp3) is 0.235. The zero-order valence-corrected chi connectivity index (χ0v) is 14.6. The van der Waals surface area contributed by atoms with Crippen LogP contribution in [0.5, 0.6) is 0 Å². The number of benzene rings is 1. The van der Waals surface area contributed by atoms with Crippen LogP contribution in [0.15, 0.2) is 46.1 Å². The molecule has 0 aliphatic carbocycles. The van der Waals surface area contributed by atoms with E-state index >= 15 is 0 Å². The normalized spacial score (nSPS) is 17.4. The van der Waals surface area contributed by atoms with Crippen molar-refractivity contribution in [3.8, 4) is 0 Å². The Hall–Kier alpha value is -2.31. The molecule has 130 valence electrons. The minimum atomic E-state index is -0.444. The molecule has 8 heteroatoms. The Morgan fingerprint density at radius 3 is 2.96 bits per heavy atom. The standard InChI is InChI=1S/C17H15Cl2N3O3/c18-13-4-3-11(15(19)7-13)8-20-21-17(24)12-6-16(23)22(9-12)10-14-2-1-5-25-14/h1-5,7-8,12H,6,9-10H2,(H,21,24)/b20-8+. The molecule has 1 aromatic carbocycles. The van der Waals surface area contributed by atoms with Gasteiger partial charge in [0, 0.05) is 23.6 Å². The molecule has 1 aromatic heterocycles. The molecule has 1 aliphatic heterocycles. The lowest BCUT2D eigenvalue weighted by atomic mass is 10.1. The monoisotopic (exact) mass is 379 g/mol. The van der Waals surface area contributed by atoms with E-state index in [4.69, 9.17) is 27.6 Å². The maximum Gasteiger partial charge on any atom is 0.245 e. The lowest BCUT2D eigenvalue weighted by molar-refractivity contribution is -0.129. The van der Waals surface area contributed by atoms with Crippen LogP contribution < -0.4 is 5.43 Å². The van der Waals surface area contributed by atoms with Crippen molar-refractivity contribution in [2.24, 2.45) is 11.0 Å². The van der Waals surface area contributed by atoms with Gasteiger partial charge in [-0.3, -0.25) is 9.59 Å². The smallest absolute Gasteiger partial charge is 0.245 e. The van der Waals surface area contributed by atoms with Crippen LogP contribution >= 0.6 is 23.2 Å². The van der Waals surface area contributed by atoms with Gasteiger partial charge in [0.2, 0.25) is 11.8 Å². The number of nitrogens with one attached hydrogen (secondary N) is 1. The average Bonchev–Trinajstić information content (AvgIpc) is 3.20. The van der Waals surface area contributed by atoms with Crippen LogP contribution in [0.2, 0.25) is 10.0 Å². The number of likely N-dealkylation sites (tertiary alicyclic amines) is 1. The second-order valence-electron chi connectivity index (χ2n) is 5.65. The van der Waals surface area contributed by atoms with Crippen molar-refractivity contribution >= 4 is 41.2 Å². The zero-order valence-electron chi connectivity index (χ0n) is 13.1. The second kappa shape index (κ2) is 7.72. The summed E-state index contributed by atoms with van der Waals surface area (Å²) in [5.74, 6) is -0.150. The number of hydrogen-bond acceptors (Lipinski definition) is 4. The lowest BCUT2D eigenvalue weighted by Gasteiger charge is -2.14. The summed E-state index contributed by atoms with van der Waals surface area (Å²) in [5.41, 5.74) is 3.08. The van der Waals surface area contributed by atoms with Gasteiger partial charge in [-0.15, -0.1) is 0 Å². The Balaban J connectivity index is 1.55. The predicted molar refractivity (Wildman–Crippen MR) is 94.4 cm³/mol. The number of amides is 2. The minimum absolute atomic E-state index is 0.0822. The van der Waals surface area contributed by atoms with E-state index in [-0.39, 0.29) is 18.2 Å². The van der Waals surface area contributed by atoms with E-state index < -0.39 is 5.92 Å². The van der Waals surface area contributed by atoms with E-state index in [1.165, 1.54) is 6.21 Å². The van der Waals surface area contributed by atoms with Crippen molar-refractivity contribution in [3.63, 3.8) is 0 Å². The van der Waals surface area contributed by atoms with Crippen molar-refractivity contribution in [3.05, 3.63) is 58.0 Å². The molecule has 1 N–H and O–H groups in total. The van der Waals surface area contributed by atoms with Crippen molar-refractivity contribution in [2.45, 2.75) is 13.0 Å². The van der Waals surface area contributed by atoms with Crippen LogP contribution in [0.3, 0.4) is 0 Å². The fourth-order valence-electron chi connectivity index (χ4n) is 2.55. The van der Waals surface area contributed by atoms with Gasteiger partial charge in [0.15, 0.2) is 0 Å². The van der Waals surface area contributed by atoms with Gasteiger partial charge >= 0.3 is 0 Å². The van der Waals surface area contributed by atoms with Crippen LogP contribution in [0.1, 0.15) is 17.7 Å². The first kappa shape index (κ1) is 17.5. The second-order valence-corrected chi connectivity index (χ2v) is 6.50. The van der Waals surface area contributed by atoms with E-state index in [0.29, 0.717) is 34.5 Å². The van der Waals surface area contributed by atoms with Gasteiger partial charge in [-0.2, -0.15) is 5.10 Å². The first-order chi connectivity index (χ1) is 12.0. The van der Waals surface area contributed by atoms with Crippen LogP contribution in [0.4, 0.5) is 0 Å². The number of rotatable bonds is 5. The number of hydrogen-bond donors (Lipinski definition) is 1. The summed E-state index contributed by atoms with van der Waals surface area (Å²) in [6.07, 6.45) is 3.15. The van der Waals surface area contributed by atoms with Crippen LogP contribution in [-0.2, 0) is 16.1 Å². The van der Waals surface area contributed by atoms with Crippen molar-refractivity contribution in [1.82, 2.24) is 10.3 Å². The van der Waals surface area contributed by atoms with Gasteiger partial charge in [0.25, 0.3) is 0 Å². The predicted octanol–water partition coefficient (Wildman–Crippen LogP) is 3.09. The van der Waals surface area contributed by atoms with Gasteiger partial charge in [0.05, 0.1) is 30.0 Å². The molecule has 2 aromatic rings. The van der Waals surface area contributed by atoms with Gasteiger partial charge in [-0.05, 0) is 24.3 Å². The van der Waals surface area contributed by atoms with Crippen LogP contribution in [0, 0.1) is 5.92 Å². The van der Waals surface area contributed by atoms with E-state index in [0.717, 1.165) is 0 Å². The summed E-state index contributed by atoms with van der Waals surface area (Å²) in [4.78, 5) is 25.8. The summed E-state index contributed by atoms with van der Waals surface area (Å²) < 4.78 is 5.23. The lowest BCUT2D eigenvalue weighted by Crippen LogP contribution is -2.30. The van der Waals surface area contributed by atoms with Crippen LogP contribution in [0.25, 0.3) is 0 Å². The third-order valence-electron chi connectivity index (χ3n) is 3.85. The summed E-state index contributed by atoms with van der Waals surface area (Å²) >= 11 is 11.9. The molecule has 3 rings (SSSR count). The van der Waals surface area contributed by atoms with E-state index in [2.05, 4.69) is 10.5 Å². The van der Waals surface area contributed by atoms with Gasteiger partial charge in [0.1, 0.15) is 5.76 Å².